The van der Waals surface area contributed by atoms with Crippen LogP contribution in [0.5, 0.6) is 5.75 Å². The molecule has 22 heavy (non-hydrogen) atoms. The highest BCUT2D eigenvalue weighted by atomic mass is 16.5. The molecule has 0 saturated carbocycles. The van der Waals surface area contributed by atoms with Crippen LogP contribution in [-0.2, 0) is 11.3 Å². The van der Waals surface area contributed by atoms with E-state index in [0.717, 1.165) is 30.9 Å². The van der Waals surface area contributed by atoms with E-state index in [9.17, 15) is 4.79 Å². The summed E-state index contributed by atoms with van der Waals surface area (Å²) in [4.78, 5) is 14.3. The zero-order valence-corrected chi connectivity index (χ0v) is 13.8. The molecule has 0 spiro atoms. The molecule has 0 radical (unpaired) electrons. The van der Waals surface area contributed by atoms with Crippen LogP contribution in [0.25, 0.3) is 0 Å². The fourth-order valence-corrected chi connectivity index (χ4v) is 2.35. The van der Waals surface area contributed by atoms with E-state index in [0.29, 0.717) is 19.1 Å². The molecule has 1 aliphatic heterocycles. The monoisotopic (exact) mass is 305 g/mol. The normalized spacial score (nSPS) is 16.2. The van der Waals surface area contributed by atoms with Crippen LogP contribution in [0.15, 0.2) is 24.3 Å². The number of para-hydroxylation sites is 1. The van der Waals surface area contributed by atoms with Crippen LogP contribution < -0.4 is 15.4 Å². The predicted octanol–water partition coefficient (Wildman–Crippen LogP) is 1.10. The van der Waals surface area contributed by atoms with E-state index in [2.05, 4.69) is 15.5 Å². The number of hydrogen-bond donors (Lipinski definition) is 2. The van der Waals surface area contributed by atoms with Crippen molar-refractivity contribution in [1.29, 1.82) is 0 Å². The van der Waals surface area contributed by atoms with Gasteiger partial charge in [-0.25, -0.2) is 0 Å². The highest BCUT2D eigenvalue weighted by Crippen LogP contribution is 2.19. The summed E-state index contributed by atoms with van der Waals surface area (Å²) in [6.07, 6.45) is 0. The minimum absolute atomic E-state index is 0.0584. The molecule has 5 heteroatoms. The first-order valence-corrected chi connectivity index (χ1v) is 7.91. The Balaban J connectivity index is 1.84. The Kier molecular flexibility index (Phi) is 6.21. The molecule has 1 heterocycles. The topological polar surface area (TPSA) is 53.6 Å². The number of rotatable bonds is 8. The first-order valence-electron chi connectivity index (χ1n) is 7.91. The van der Waals surface area contributed by atoms with Crippen molar-refractivity contribution in [3.8, 4) is 5.75 Å². The first kappa shape index (κ1) is 16.8. The second-order valence-corrected chi connectivity index (χ2v) is 6.18. The third-order valence-corrected chi connectivity index (χ3v) is 4.16. The van der Waals surface area contributed by atoms with E-state index in [1.54, 1.807) is 0 Å². The lowest BCUT2D eigenvalue weighted by Crippen LogP contribution is -2.49. The van der Waals surface area contributed by atoms with Crippen molar-refractivity contribution in [2.75, 3.05) is 40.3 Å². The van der Waals surface area contributed by atoms with Gasteiger partial charge in [-0.05, 0) is 39.2 Å². The summed E-state index contributed by atoms with van der Waals surface area (Å²) < 4.78 is 5.82. The predicted molar refractivity (Wildman–Crippen MR) is 87.9 cm³/mol. The van der Waals surface area contributed by atoms with Gasteiger partial charge in [-0.3, -0.25) is 4.79 Å². The molecular formula is C17H27N3O2. The first-order chi connectivity index (χ1) is 10.6. The van der Waals surface area contributed by atoms with Crippen LogP contribution in [0.2, 0.25) is 0 Å². The van der Waals surface area contributed by atoms with Gasteiger partial charge in [0.25, 0.3) is 0 Å². The quantitative estimate of drug-likeness (QED) is 0.755. The summed E-state index contributed by atoms with van der Waals surface area (Å²) in [5.41, 5.74) is 1.02. The molecule has 2 N–H and O–H groups in total. The molecule has 2 rings (SSSR count). The van der Waals surface area contributed by atoms with Crippen molar-refractivity contribution < 1.29 is 9.53 Å². The summed E-state index contributed by atoms with van der Waals surface area (Å²) in [5, 5.41) is 6.24. The summed E-state index contributed by atoms with van der Waals surface area (Å²) in [6, 6.07) is 7.88. The van der Waals surface area contributed by atoms with E-state index < -0.39 is 0 Å². The Morgan fingerprint density at radius 1 is 1.41 bits per heavy atom. The fourth-order valence-electron chi connectivity index (χ4n) is 2.35. The molecule has 1 aliphatic rings. The van der Waals surface area contributed by atoms with Gasteiger partial charge in [0.1, 0.15) is 12.4 Å². The number of amides is 1. The standard InChI is InChI=1S/C17H27N3O2/c1-13(15-10-18-11-15)17(21)19-12-14-6-4-5-7-16(14)22-9-8-20(2)3/h4-7,13,15,18H,8-12H2,1-3H3,(H,19,21). The average molecular weight is 305 g/mol. The molecule has 122 valence electrons. The maximum absolute atomic E-state index is 12.2. The average Bonchev–Trinajstić information content (AvgIpc) is 2.43. The summed E-state index contributed by atoms with van der Waals surface area (Å²) >= 11 is 0. The molecule has 1 fully saturated rings. The van der Waals surface area contributed by atoms with E-state index in [-0.39, 0.29) is 11.8 Å². The number of ether oxygens (including phenoxy) is 1. The molecule has 0 aromatic heterocycles. The van der Waals surface area contributed by atoms with E-state index in [4.69, 9.17) is 4.74 Å². The molecule has 1 aromatic carbocycles. The second kappa shape index (κ2) is 8.15. The lowest BCUT2D eigenvalue weighted by molar-refractivity contribution is -0.126. The molecule has 0 aliphatic carbocycles. The zero-order chi connectivity index (χ0) is 15.9. The lowest BCUT2D eigenvalue weighted by Gasteiger charge is -2.31. The fraction of sp³-hybridized carbons (Fsp3) is 0.588. The SMILES string of the molecule is CC(C(=O)NCc1ccccc1OCCN(C)C)C1CNC1. The Morgan fingerprint density at radius 2 is 2.14 bits per heavy atom. The van der Waals surface area contributed by atoms with Crippen molar-refractivity contribution in [2.45, 2.75) is 13.5 Å². The van der Waals surface area contributed by atoms with Crippen molar-refractivity contribution in [2.24, 2.45) is 11.8 Å². The summed E-state index contributed by atoms with van der Waals surface area (Å²) in [7, 11) is 4.04. The van der Waals surface area contributed by atoms with Crippen molar-refractivity contribution in [1.82, 2.24) is 15.5 Å². The third kappa shape index (κ3) is 4.71. The second-order valence-electron chi connectivity index (χ2n) is 6.18. The van der Waals surface area contributed by atoms with Crippen molar-refractivity contribution >= 4 is 5.91 Å². The minimum atomic E-state index is 0.0584. The molecule has 1 amide bonds. The van der Waals surface area contributed by atoms with Gasteiger partial charge in [-0.2, -0.15) is 0 Å². The molecule has 1 saturated heterocycles. The lowest BCUT2D eigenvalue weighted by atomic mass is 9.88. The largest absolute Gasteiger partial charge is 0.492 e. The zero-order valence-electron chi connectivity index (χ0n) is 13.8. The molecule has 1 aromatic rings. The molecular weight excluding hydrogens is 278 g/mol. The molecule has 1 unspecified atom stereocenters. The maximum Gasteiger partial charge on any atom is 0.223 e. The Hall–Kier alpha value is -1.59. The summed E-state index contributed by atoms with van der Waals surface area (Å²) in [5.74, 6) is 1.49. The van der Waals surface area contributed by atoms with Crippen LogP contribution in [-0.4, -0.2) is 51.1 Å². The van der Waals surface area contributed by atoms with Crippen molar-refractivity contribution in [3.63, 3.8) is 0 Å². The maximum atomic E-state index is 12.2. The van der Waals surface area contributed by atoms with Crippen LogP contribution in [0.3, 0.4) is 0 Å². The Labute approximate surface area is 133 Å². The van der Waals surface area contributed by atoms with Gasteiger partial charge in [0.2, 0.25) is 5.91 Å². The van der Waals surface area contributed by atoms with Crippen LogP contribution in [0.1, 0.15) is 12.5 Å². The van der Waals surface area contributed by atoms with Crippen molar-refractivity contribution in [3.05, 3.63) is 29.8 Å². The van der Waals surface area contributed by atoms with Gasteiger partial charge >= 0.3 is 0 Å². The van der Waals surface area contributed by atoms with Gasteiger partial charge in [-0.1, -0.05) is 25.1 Å². The van der Waals surface area contributed by atoms with Gasteiger partial charge in [0, 0.05) is 24.6 Å². The number of likely N-dealkylation sites (N-methyl/N-ethyl adjacent to an activating group) is 1. The van der Waals surface area contributed by atoms with E-state index in [1.165, 1.54) is 0 Å². The number of hydrogen-bond acceptors (Lipinski definition) is 4. The minimum Gasteiger partial charge on any atom is -0.492 e. The molecule has 1 atom stereocenters. The van der Waals surface area contributed by atoms with E-state index in [1.807, 2.05) is 45.3 Å². The molecule has 0 bridgehead atoms. The number of benzene rings is 1. The van der Waals surface area contributed by atoms with Gasteiger partial charge in [0.05, 0.1) is 0 Å². The van der Waals surface area contributed by atoms with Gasteiger partial charge in [-0.15, -0.1) is 0 Å². The summed E-state index contributed by atoms with van der Waals surface area (Å²) in [6.45, 7) is 5.91. The third-order valence-electron chi connectivity index (χ3n) is 4.16. The van der Waals surface area contributed by atoms with Crippen LogP contribution >= 0.6 is 0 Å². The van der Waals surface area contributed by atoms with Crippen LogP contribution in [0.4, 0.5) is 0 Å². The molecule has 5 nitrogen and oxygen atoms in total. The highest BCUT2D eigenvalue weighted by molar-refractivity contribution is 5.78. The number of carbonyl (C=O) groups excluding carboxylic acids is 1. The smallest absolute Gasteiger partial charge is 0.223 e. The van der Waals surface area contributed by atoms with Gasteiger partial charge in [0.15, 0.2) is 0 Å². The van der Waals surface area contributed by atoms with Gasteiger partial charge < -0.3 is 20.3 Å². The highest BCUT2D eigenvalue weighted by Gasteiger charge is 2.28. The Morgan fingerprint density at radius 3 is 2.77 bits per heavy atom. The van der Waals surface area contributed by atoms with Crippen LogP contribution in [0, 0.1) is 11.8 Å². The number of carbonyl (C=O) groups is 1. The number of nitrogens with zero attached hydrogens (tertiary/aromatic N) is 1. The Bertz CT molecular complexity index is 487. The van der Waals surface area contributed by atoms with E-state index >= 15 is 0 Å². The number of nitrogens with one attached hydrogen (secondary N) is 2.